The molecule has 0 unspecified atom stereocenters. The molecule has 1 aliphatic carbocycles. The molecule has 0 aliphatic heterocycles. The standard InChI is InChI=1S/C8H9N/c9-7-8-5-3-1-2-4-6-8/h1-3,5,8H,4,6H2/t8-/m0/s1. The molecule has 0 aromatic carbocycles. The molecular formula is C8H9N. The van der Waals surface area contributed by atoms with Crippen LogP contribution in [0.2, 0.25) is 0 Å². The Hall–Kier alpha value is -1.03. The van der Waals surface area contributed by atoms with E-state index < -0.39 is 0 Å². The predicted molar refractivity (Wildman–Crippen MR) is 36.6 cm³/mol. The molecule has 0 saturated carbocycles. The summed E-state index contributed by atoms with van der Waals surface area (Å²) >= 11 is 0. The van der Waals surface area contributed by atoms with E-state index in [9.17, 15) is 0 Å². The Bertz CT molecular complexity index is 171. The second-order valence-corrected chi connectivity index (χ2v) is 2.13. The molecule has 1 heteroatoms. The molecule has 1 aliphatic rings. The Morgan fingerprint density at radius 1 is 1.44 bits per heavy atom. The predicted octanol–water partition coefficient (Wildman–Crippen LogP) is 2.03. The Morgan fingerprint density at radius 3 is 3.11 bits per heavy atom. The van der Waals surface area contributed by atoms with Gasteiger partial charge < -0.3 is 0 Å². The van der Waals surface area contributed by atoms with Crippen LogP contribution < -0.4 is 0 Å². The van der Waals surface area contributed by atoms with Crippen molar-refractivity contribution >= 4 is 0 Å². The van der Waals surface area contributed by atoms with Crippen LogP contribution in [0.15, 0.2) is 24.3 Å². The maximum Gasteiger partial charge on any atom is 0.0697 e. The van der Waals surface area contributed by atoms with Crippen LogP contribution in [-0.4, -0.2) is 0 Å². The molecule has 0 saturated heterocycles. The lowest BCUT2D eigenvalue weighted by Crippen LogP contribution is -1.88. The summed E-state index contributed by atoms with van der Waals surface area (Å²) in [4.78, 5) is 0. The van der Waals surface area contributed by atoms with Crippen LogP contribution in [0.1, 0.15) is 12.8 Å². The van der Waals surface area contributed by atoms with Gasteiger partial charge >= 0.3 is 0 Å². The SMILES string of the molecule is N#C[C@H]1C=CC=CCC1. The number of nitriles is 1. The Morgan fingerprint density at radius 2 is 2.33 bits per heavy atom. The fraction of sp³-hybridized carbons (Fsp3) is 0.375. The molecule has 9 heavy (non-hydrogen) atoms. The molecule has 0 aromatic rings. The molecule has 1 atom stereocenters. The van der Waals surface area contributed by atoms with Gasteiger partial charge in [0.05, 0.1) is 12.0 Å². The highest BCUT2D eigenvalue weighted by atomic mass is 14.3. The van der Waals surface area contributed by atoms with Crippen LogP contribution >= 0.6 is 0 Å². The van der Waals surface area contributed by atoms with Crippen molar-refractivity contribution in [3.63, 3.8) is 0 Å². The van der Waals surface area contributed by atoms with Crippen LogP contribution in [0.5, 0.6) is 0 Å². The van der Waals surface area contributed by atoms with E-state index in [4.69, 9.17) is 5.26 Å². The van der Waals surface area contributed by atoms with Crippen molar-refractivity contribution in [2.24, 2.45) is 5.92 Å². The molecule has 0 amide bonds. The third-order valence-electron chi connectivity index (χ3n) is 1.40. The van der Waals surface area contributed by atoms with Crippen molar-refractivity contribution in [1.82, 2.24) is 0 Å². The van der Waals surface area contributed by atoms with Gasteiger partial charge in [0, 0.05) is 0 Å². The van der Waals surface area contributed by atoms with Gasteiger partial charge in [-0.2, -0.15) is 5.26 Å². The summed E-state index contributed by atoms with van der Waals surface area (Å²) in [5.41, 5.74) is 0. The van der Waals surface area contributed by atoms with E-state index in [1.807, 2.05) is 18.2 Å². The van der Waals surface area contributed by atoms with E-state index in [1.165, 1.54) is 0 Å². The van der Waals surface area contributed by atoms with Crippen molar-refractivity contribution in [2.45, 2.75) is 12.8 Å². The summed E-state index contributed by atoms with van der Waals surface area (Å²) in [6, 6.07) is 2.22. The van der Waals surface area contributed by atoms with Crippen LogP contribution in [-0.2, 0) is 0 Å². The normalized spacial score (nSPS) is 25.0. The molecule has 0 heterocycles. The lowest BCUT2D eigenvalue weighted by atomic mass is 10.1. The van der Waals surface area contributed by atoms with Gasteiger partial charge in [0.2, 0.25) is 0 Å². The van der Waals surface area contributed by atoms with Crippen molar-refractivity contribution in [3.05, 3.63) is 24.3 Å². The third kappa shape index (κ3) is 1.73. The minimum absolute atomic E-state index is 0.139. The van der Waals surface area contributed by atoms with Gasteiger partial charge in [-0.15, -0.1) is 0 Å². The molecule has 0 N–H and O–H groups in total. The summed E-state index contributed by atoms with van der Waals surface area (Å²) in [5, 5.41) is 8.49. The topological polar surface area (TPSA) is 23.8 Å². The number of allylic oxidation sites excluding steroid dienone is 4. The van der Waals surface area contributed by atoms with Crippen molar-refractivity contribution in [3.8, 4) is 6.07 Å². The Kier molecular flexibility index (Phi) is 2.09. The maximum atomic E-state index is 8.49. The highest BCUT2D eigenvalue weighted by Crippen LogP contribution is 2.10. The molecule has 0 spiro atoms. The second kappa shape index (κ2) is 3.09. The van der Waals surface area contributed by atoms with E-state index in [0.717, 1.165) is 12.8 Å². The van der Waals surface area contributed by atoms with Crippen molar-refractivity contribution in [2.75, 3.05) is 0 Å². The van der Waals surface area contributed by atoms with Crippen molar-refractivity contribution in [1.29, 1.82) is 5.26 Å². The summed E-state index contributed by atoms with van der Waals surface area (Å²) in [7, 11) is 0. The zero-order valence-corrected chi connectivity index (χ0v) is 5.25. The van der Waals surface area contributed by atoms with Crippen LogP contribution in [0, 0.1) is 17.2 Å². The molecule has 46 valence electrons. The number of hydrogen-bond acceptors (Lipinski definition) is 1. The first kappa shape index (κ1) is 6.10. The van der Waals surface area contributed by atoms with E-state index >= 15 is 0 Å². The summed E-state index contributed by atoms with van der Waals surface area (Å²) in [6.07, 6.45) is 9.99. The van der Waals surface area contributed by atoms with E-state index in [0.29, 0.717) is 0 Å². The molecule has 1 nitrogen and oxygen atoms in total. The molecule has 0 aromatic heterocycles. The lowest BCUT2D eigenvalue weighted by Gasteiger charge is -1.94. The first-order valence-corrected chi connectivity index (χ1v) is 3.16. The van der Waals surface area contributed by atoms with E-state index in [-0.39, 0.29) is 5.92 Å². The average molecular weight is 119 g/mol. The van der Waals surface area contributed by atoms with Gasteiger partial charge in [-0.3, -0.25) is 0 Å². The van der Waals surface area contributed by atoms with Gasteiger partial charge in [0.25, 0.3) is 0 Å². The van der Waals surface area contributed by atoms with Gasteiger partial charge in [0.15, 0.2) is 0 Å². The Labute approximate surface area is 55.3 Å². The zero-order valence-electron chi connectivity index (χ0n) is 5.25. The number of nitrogens with zero attached hydrogens (tertiary/aromatic N) is 1. The fourth-order valence-corrected chi connectivity index (χ4v) is 0.853. The maximum absolute atomic E-state index is 8.49. The molecular weight excluding hydrogens is 110 g/mol. The van der Waals surface area contributed by atoms with Crippen molar-refractivity contribution < 1.29 is 0 Å². The largest absolute Gasteiger partial charge is 0.198 e. The summed E-state index contributed by atoms with van der Waals surface area (Å²) in [6.45, 7) is 0. The number of rotatable bonds is 0. The summed E-state index contributed by atoms with van der Waals surface area (Å²) < 4.78 is 0. The van der Waals surface area contributed by atoms with Gasteiger partial charge in [-0.1, -0.05) is 24.3 Å². The monoisotopic (exact) mass is 119 g/mol. The fourth-order valence-electron chi connectivity index (χ4n) is 0.853. The first-order chi connectivity index (χ1) is 4.43. The zero-order chi connectivity index (χ0) is 6.53. The minimum Gasteiger partial charge on any atom is -0.198 e. The third-order valence-corrected chi connectivity index (χ3v) is 1.40. The highest BCUT2D eigenvalue weighted by Gasteiger charge is 2.00. The first-order valence-electron chi connectivity index (χ1n) is 3.16. The second-order valence-electron chi connectivity index (χ2n) is 2.13. The molecule has 0 fully saturated rings. The van der Waals surface area contributed by atoms with Gasteiger partial charge in [-0.25, -0.2) is 0 Å². The van der Waals surface area contributed by atoms with Crippen LogP contribution in [0.25, 0.3) is 0 Å². The highest BCUT2D eigenvalue weighted by molar-refractivity contribution is 5.11. The minimum atomic E-state index is 0.139. The smallest absolute Gasteiger partial charge is 0.0697 e. The van der Waals surface area contributed by atoms with Gasteiger partial charge in [-0.05, 0) is 12.8 Å². The average Bonchev–Trinajstić information content (AvgIpc) is 2.13. The quantitative estimate of drug-likeness (QED) is 0.478. The van der Waals surface area contributed by atoms with Crippen LogP contribution in [0.3, 0.4) is 0 Å². The van der Waals surface area contributed by atoms with E-state index in [2.05, 4.69) is 12.1 Å². The van der Waals surface area contributed by atoms with Gasteiger partial charge in [0.1, 0.15) is 0 Å². The molecule has 0 radical (unpaired) electrons. The lowest BCUT2D eigenvalue weighted by molar-refractivity contribution is 0.740. The van der Waals surface area contributed by atoms with Crippen LogP contribution in [0.4, 0.5) is 0 Å². The summed E-state index contributed by atoms with van der Waals surface area (Å²) in [5.74, 6) is 0.139. The number of hydrogen-bond donors (Lipinski definition) is 0. The molecule has 0 bridgehead atoms. The molecule has 1 rings (SSSR count). The Balaban J connectivity index is 2.54. The van der Waals surface area contributed by atoms with E-state index in [1.54, 1.807) is 0 Å².